The van der Waals surface area contributed by atoms with E-state index in [4.69, 9.17) is 4.52 Å². The molecule has 3 heterocycles. The molecule has 7 nitrogen and oxygen atoms in total. The van der Waals surface area contributed by atoms with Crippen LogP contribution >= 0.6 is 0 Å². The van der Waals surface area contributed by atoms with Gasteiger partial charge in [0.2, 0.25) is 17.6 Å². The molecule has 2 saturated heterocycles. The average Bonchev–Trinajstić information content (AvgIpc) is 3.23. The highest BCUT2D eigenvalue weighted by molar-refractivity contribution is 5.79. The highest BCUT2D eigenvalue weighted by atomic mass is 19.1. The van der Waals surface area contributed by atoms with Crippen LogP contribution in [0.2, 0.25) is 0 Å². The number of benzene rings is 1. The number of hydrogen-bond acceptors (Lipinski definition) is 6. The number of aromatic nitrogens is 2. The molecule has 0 saturated carbocycles. The minimum absolute atomic E-state index is 0.122. The van der Waals surface area contributed by atoms with Crippen LogP contribution in [0.1, 0.15) is 25.7 Å². The van der Waals surface area contributed by atoms with Crippen LogP contribution in [0.25, 0.3) is 11.4 Å². The van der Waals surface area contributed by atoms with Gasteiger partial charge in [-0.1, -0.05) is 12.1 Å². The fourth-order valence-corrected chi connectivity index (χ4v) is 4.11. The largest absolute Gasteiger partial charge is 0.340 e. The van der Waals surface area contributed by atoms with Crippen molar-refractivity contribution in [1.82, 2.24) is 24.8 Å². The van der Waals surface area contributed by atoms with Crippen LogP contribution in [0.4, 0.5) is 4.39 Å². The molecule has 0 aliphatic carbocycles. The number of carbonyl (C=O) groups is 1. The minimum Gasteiger partial charge on any atom is -0.340 e. The summed E-state index contributed by atoms with van der Waals surface area (Å²) in [5, 5.41) is 4.00. The van der Waals surface area contributed by atoms with E-state index in [2.05, 4.69) is 26.9 Å². The fourth-order valence-electron chi connectivity index (χ4n) is 4.11. The van der Waals surface area contributed by atoms with E-state index in [-0.39, 0.29) is 11.7 Å². The van der Waals surface area contributed by atoms with Gasteiger partial charge < -0.3 is 14.3 Å². The molecule has 0 bridgehead atoms. The Morgan fingerprint density at radius 1 is 1.07 bits per heavy atom. The highest BCUT2D eigenvalue weighted by Crippen LogP contribution is 2.23. The number of rotatable bonds is 5. The van der Waals surface area contributed by atoms with Gasteiger partial charge in [0, 0.05) is 37.7 Å². The van der Waals surface area contributed by atoms with Gasteiger partial charge in [-0.05, 0) is 56.7 Å². The Morgan fingerprint density at radius 2 is 1.76 bits per heavy atom. The Balaban J connectivity index is 1.26. The summed E-state index contributed by atoms with van der Waals surface area (Å²) >= 11 is 0. The van der Waals surface area contributed by atoms with Crippen LogP contribution in [0.3, 0.4) is 0 Å². The zero-order valence-electron chi connectivity index (χ0n) is 16.9. The van der Waals surface area contributed by atoms with E-state index in [9.17, 15) is 9.18 Å². The van der Waals surface area contributed by atoms with Crippen molar-refractivity contribution in [2.75, 3.05) is 45.8 Å². The van der Waals surface area contributed by atoms with Gasteiger partial charge in [0.1, 0.15) is 5.82 Å². The van der Waals surface area contributed by atoms with Crippen LogP contribution in [0.15, 0.2) is 28.8 Å². The third kappa shape index (κ3) is 4.82. The minimum atomic E-state index is -0.290. The van der Waals surface area contributed by atoms with Crippen molar-refractivity contribution in [2.24, 2.45) is 5.92 Å². The van der Waals surface area contributed by atoms with Gasteiger partial charge in [-0.15, -0.1) is 0 Å². The number of halogens is 1. The van der Waals surface area contributed by atoms with Crippen molar-refractivity contribution >= 4 is 5.91 Å². The molecule has 0 atom stereocenters. The van der Waals surface area contributed by atoms with Crippen molar-refractivity contribution in [3.8, 4) is 11.4 Å². The lowest BCUT2D eigenvalue weighted by Gasteiger charge is -2.38. The molecule has 0 spiro atoms. The summed E-state index contributed by atoms with van der Waals surface area (Å²) in [4.78, 5) is 23.9. The van der Waals surface area contributed by atoms with Gasteiger partial charge in [-0.3, -0.25) is 9.69 Å². The molecule has 1 aromatic carbocycles. The molecular formula is C21H28FN5O2. The molecule has 2 aliphatic rings. The number of piperazine rings is 1. The van der Waals surface area contributed by atoms with Crippen molar-refractivity contribution in [1.29, 1.82) is 0 Å². The summed E-state index contributed by atoms with van der Waals surface area (Å²) in [6, 6.07) is 6.05. The quantitative estimate of drug-likeness (QED) is 0.766. The second kappa shape index (κ2) is 9.00. The average molecular weight is 401 g/mol. The molecule has 4 rings (SSSR count). The first-order chi connectivity index (χ1) is 14.1. The number of likely N-dealkylation sites (N-methyl/N-ethyl adjacent to an activating group) is 1. The predicted molar refractivity (Wildman–Crippen MR) is 106 cm³/mol. The summed E-state index contributed by atoms with van der Waals surface area (Å²) in [6.45, 7) is 9.15. The van der Waals surface area contributed by atoms with E-state index >= 15 is 0 Å². The SMILES string of the molecule is CCN1CCN(C(=O)C2CCN(Cc3nc(-c4ccc(F)cc4)no3)CC2)CC1. The molecule has 2 fully saturated rings. The standard InChI is InChI=1S/C21H28FN5O2/c1-2-25-11-13-27(14-12-25)21(28)17-7-9-26(10-8-17)15-19-23-20(24-29-19)16-3-5-18(22)6-4-16/h3-6,17H,2,7-15H2,1H3. The van der Waals surface area contributed by atoms with Gasteiger partial charge in [-0.25, -0.2) is 4.39 Å². The maximum Gasteiger partial charge on any atom is 0.241 e. The first kappa shape index (κ1) is 20.0. The molecule has 1 amide bonds. The van der Waals surface area contributed by atoms with Crippen LogP contribution in [-0.2, 0) is 11.3 Å². The first-order valence-corrected chi connectivity index (χ1v) is 10.4. The first-order valence-electron chi connectivity index (χ1n) is 10.4. The molecule has 1 aromatic heterocycles. The third-order valence-corrected chi connectivity index (χ3v) is 6.00. The molecule has 29 heavy (non-hydrogen) atoms. The Labute approximate surface area is 170 Å². The summed E-state index contributed by atoms with van der Waals surface area (Å²) < 4.78 is 18.4. The zero-order chi connectivity index (χ0) is 20.2. The number of amides is 1. The van der Waals surface area contributed by atoms with Crippen molar-refractivity contribution in [2.45, 2.75) is 26.3 Å². The maximum absolute atomic E-state index is 13.1. The van der Waals surface area contributed by atoms with E-state index in [1.807, 2.05) is 4.90 Å². The monoisotopic (exact) mass is 401 g/mol. The number of nitrogens with zero attached hydrogens (tertiary/aromatic N) is 5. The molecule has 0 N–H and O–H groups in total. The van der Waals surface area contributed by atoms with E-state index in [1.165, 1.54) is 12.1 Å². The van der Waals surface area contributed by atoms with Crippen molar-refractivity contribution in [3.63, 3.8) is 0 Å². The highest BCUT2D eigenvalue weighted by Gasteiger charge is 2.30. The topological polar surface area (TPSA) is 65.7 Å². The molecular weight excluding hydrogens is 373 g/mol. The number of hydrogen-bond donors (Lipinski definition) is 0. The second-order valence-corrected chi connectivity index (χ2v) is 7.83. The van der Waals surface area contributed by atoms with Gasteiger partial charge in [-0.2, -0.15) is 4.98 Å². The van der Waals surface area contributed by atoms with Crippen LogP contribution in [-0.4, -0.2) is 76.6 Å². The van der Waals surface area contributed by atoms with Gasteiger partial charge in [0.25, 0.3) is 0 Å². The lowest BCUT2D eigenvalue weighted by Crippen LogP contribution is -2.51. The van der Waals surface area contributed by atoms with E-state index in [0.29, 0.717) is 24.2 Å². The van der Waals surface area contributed by atoms with Crippen molar-refractivity contribution in [3.05, 3.63) is 36.0 Å². The van der Waals surface area contributed by atoms with Crippen LogP contribution < -0.4 is 0 Å². The fraction of sp³-hybridized carbons (Fsp3) is 0.571. The molecule has 2 aliphatic heterocycles. The van der Waals surface area contributed by atoms with Gasteiger partial charge in [0.15, 0.2) is 0 Å². The number of piperidine rings is 1. The number of likely N-dealkylation sites (tertiary alicyclic amines) is 1. The Kier molecular flexibility index (Phi) is 6.20. The van der Waals surface area contributed by atoms with Crippen LogP contribution in [0.5, 0.6) is 0 Å². The Bertz CT molecular complexity index is 809. The summed E-state index contributed by atoms with van der Waals surface area (Å²) in [5.41, 5.74) is 0.730. The Hall–Kier alpha value is -2.32. The van der Waals surface area contributed by atoms with Gasteiger partial charge >= 0.3 is 0 Å². The van der Waals surface area contributed by atoms with E-state index in [1.54, 1.807) is 12.1 Å². The van der Waals surface area contributed by atoms with Crippen LogP contribution in [0, 0.1) is 11.7 Å². The van der Waals surface area contributed by atoms with E-state index in [0.717, 1.165) is 64.2 Å². The summed E-state index contributed by atoms with van der Waals surface area (Å²) in [5.74, 6) is 1.16. The predicted octanol–water partition coefficient (Wildman–Crippen LogP) is 2.25. The number of carbonyl (C=O) groups excluding carboxylic acids is 1. The van der Waals surface area contributed by atoms with Gasteiger partial charge in [0.05, 0.1) is 6.54 Å². The maximum atomic E-state index is 13.1. The van der Waals surface area contributed by atoms with E-state index < -0.39 is 0 Å². The summed E-state index contributed by atoms with van der Waals surface area (Å²) in [6.07, 6.45) is 1.73. The molecule has 156 valence electrons. The third-order valence-electron chi connectivity index (χ3n) is 6.00. The Morgan fingerprint density at radius 3 is 2.41 bits per heavy atom. The zero-order valence-corrected chi connectivity index (χ0v) is 16.9. The molecule has 2 aromatic rings. The molecule has 0 radical (unpaired) electrons. The lowest BCUT2D eigenvalue weighted by atomic mass is 9.95. The second-order valence-electron chi connectivity index (χ2n) is 7.83. The molecule has 8 heteroatoms. The normalized spacial score (nSPS) is 19.6. The lowest BCUT2D eigenvalue weighted by molar-refractivity contribution is -0.138. The smallest absolute Gasteiger partial charge is 0.241 e. The van der Waals surface area contributed by atoms with Crippen molar-refractivity contribution < 1.29 is 13.7 Å². The molecule has 0 unspecified atom stereocenters. The summed E-state index contributed by atoms with van der Waals surface area (Å²) in [7, 11) is 0.